The van der Waals surface area contributed by atoms with Crippen LogP contribution in [0.1, 0.15) is 28.4 Å². The van der Waals surface area contributed by atoms with Gasteiger partial charge in [-0.15, -0.1) is 0 Å². The van der Waals surface area contributed by atoms with Gasteiger partial charge in [0.1, 0.15) is 0 Å². The van der Waals surface area contributed by atoms with E-state index in [0.29, 0.717) is 12.1 Å². The average molecular weight is 325 g/mol. The Hall–Kier alpha value is -2.33. The van der Waals surface area contributed by atoms with Crippen LogP contribution in [0.2, 0.25) is 0 Å². The highest BCUT2D eigenvalue weighted by Crippen LogP contribution is 2.25. The van der Waals surface area contributed by atoms with Crippen LogP contribution in [0.15, 0.2) is 42.5 Å². The summed E-state index contributed by atoms with van der Waals surface area (Å²) in [6, 6.07) is 14.0. The number of nitrogens with zero attached hydrogens (tertiary/aromatic N) is 1. The Labute approximate surface area is 144 Å². The quantitative estimate of drug-likeness (QED) is 0.850. The molecule has 0 spiro atoms. The molecular weight excluding hydrogens is 298 g/mol. The standard InChI is InChI=1S/C20H27N3O/c1-14-9-8-12-18(16(14)3)22-19-11-7-6-10-17(19)20(24)21-13-15(2)23(4)5/h6-12,15,22H,13H2,1-5H3,(H,21,24). The molecule has 0 saturated carbocycles. The van der Waals surface area contributed by atoms with Crippen LogP contribution in [-0.2, 0) is 0 Å². The van der Waals surface area contributed by atoms with E-state index in [1.165, 1.54) is 11.1 Å². The lowest BCUT2D eigenvalue weighted by Gasteiger charge is -2.20. The maximum atomic E-state index is 12.6. The number of anilines is 2. The number of rotatable bonds is 6. The first-order valence-corrected chi connectivity index (χ1v) is 8.27. The third-order valence-electron chi connectivity index (χ3n) is 4.49. The van der Waals surface area contributed by atoms with Crippen molar-refractivity contribution in [2.24, 2.45) is 0 Å². The maximum absolute atomic E-state index is 12.6. The lowest BCUT2D eigenvalue weighted by atomic mass is 10.1. The van der Waals surface area contributed by atoms with Crippen LogP contribution in [0.4, 0.5) is 11.4 Å². The molecule has 2 aromatic rings. The Balaban J connectivity index is 2.18. The molecule has 0 saturated heterocycles. The monoisotopic (exact) mass is 325 g/mol. The zero-order chi connectivity index (χ0) is 17.7. The highest BCUT2D eigenvalue weighted by atomic mass is 16.1. The first-order chi connectivity index (χ1) is 11.4. The van der Waals surface area contributed by atoms with Gasteiger partial charge in [-0.25, -0.2) is 0 Å². The Morgan fingerprint density at radius 1 is 1.04 bits per heavy atom. The van der Waals surface area contributed by atoms with Gasteiger partial charge in [0.2, 0.25) is 0 Å². The van der Waals surface area contributed by atoms with Gasteiger partial charge < -0.3 is 15.5 Å². The Bertz CT molecular complexity index is 710. The molecule has 24 heavy (non-hydrogen) atoms. The van der Waals surface area contributed by atoms with Crippen molar-refractivity contribution in [1.29, 1.82) is 0 Å². The largest absolute Gasteiger partial charge is 0.355 e. The van der Waals surface area contributed by atoms with Crippen LogP contribution in [0.3, 0.4) is 0 Å². The molecule has 2 aromatic carbocycles. The number of carbonyl (C=O) groups is 1. The van der Waals surface area contributed by atoms with Gasteiger partial charge in [-0.2, -0.15) is 0 Å². The van der Waals surface area contributed by atoms with Gasteiger partial charge >= 0.3 is 0 Å². The van der Waals surface area contributed by atoms with Crippen molar-refractivity contribution in [3.63, 3.8) is 0 Å². The predicted molar refractivity (Wildman–Crippen MR) is 101 cm³/mol. The molecule has 0 bridgehead atoms. The van der Waals surface area contributed by atoms with E-state index < -0.39 is 0 Å². The molecule has 4 nitrogen and oxygen atoms in total. The molecule has 0 aliphatic carbocycles. The molecule has 1 atom stereocenters. The fourth-order valence-corrected chi connectivity index (χ4v) is 2.34. The molecule has 0 aromatic heterocycles. The molecule has 0 aliphatic rings. The minimum Gasteiger partial charge on any atom is -0.355 e. The van der Waals surface area contributed by atoms with Crippen LogP contribution >= 0.6 is 0 Å². The highest BCUT2D eigenvalue weighted by molar-refractivity contribution is 6.00. The molecule has 0 heterocycles. The molecule has 1 amide bonds. The molecule has 0 radical (unpaired) electrons. The van der Waals surface area contributed by atoms with Gasteiger partial charge in [0.25, 0.3) is 5.91 Å². The summed E-state index contributed by atoms with van der Waals surface area (Å²) in [4.78, 5) is 14.6. The third kappa shape index (κ3) is 4.36. The van der Waals surface area contributed by atoms with Crippen molar-refractivity contribution < 1.29 is 4.79 Å². The molecule has 0 aliphatic heterocycles. The zero-order valence-electron chi connectivity index (χ0n) is 15.2. The number of benzene rings is 2. The Kier molecular flexibility index (Phi) is 5.99. The van der Waals surface area contributed by atoms with Crippen LogP contribution in [0, 0.1) is 13.8 Å². The van der Waals surface area contributed by atoms with E-state index >= 15 is 0 Å². The van der Waals surface area contributed by atoms with E-state index in [1.807, 2.05) is 50.5 Å². The predicted octanol–water partition coefficient (Wildman–Crippen LogP) is 3.73. The van der Waals surface area contributed by atoms with Crippen molar-refractivity contribution in [1.82, 2.24) is 10.2 Å². The first kappa shape index (κ1) is 18.0. The number of nitrogens with one attached hydrogen (secondary N) is 2. The Morgan fingerprint density at radius 2 is 1.71 bits per heavy atom. The fraction of sp³-hybridized carbons (Fsp3) is 0.350. The minimum absolute atomic E-state index is 0.0582. The number of hydrogen-bond donors (Lipinski definition) is 2. The summed E-state index contributed by atoms with van der Waals surface area (Å²) in [5.41, 5.74) is 4.91. The number of carbonyl (C=O) groups excluding carboxylic acids is 1. The molecule has 0 fully saturated rings. The summed E-state index contributed by atoms with van der Waals surface area (Å²) in [7, 11) is 4.01. The third-order valence-corrected chi connectivity index (χ3v) is 4.49. The summed E-state index contributed by atoms with van der Waals surface area (Å²) in [6.07, 6.45) is 0. The van der Waals surface area contributed by atoms with Gasteiger partial charge in [-0.1, -0.05) is 24.3 Å². The van der Waals surface area contributed by atoms with E-state index in [1.54, 1.807) is 0 Å². The second-order valence-electron chi connectivity index (χ2n) is 6.44. The number of aryl methyl sites for hydroxylation is 1. The molecule has 2 rings (SSSR count). The van der Waals surface area contributed by atoms with E-state index in [9.17, 15) is 4.79 Å². The lowest BCUT2D eigenvalue weighted by molar-refractivity contribution is 0.0944. The summed E-state index contributed by atoms with van der Waals surface area (Å²) in [5.74, 6) is -0.0582. The average Bonchev–Trinajstić information content (AvgIpc) is 2.57. The summed E-state index contributed by atoms with van der Waals surface area (Å²) < 4.78 is 0. The topological polar surface area (TPSA) is 44.4 Å². The SMILES string of the molecule is Cc1cccc(Nc2ccccc2C(=O)NCC(C)N(C)C)c1C. The van der Waals surface area contributed by atoms with E-state index in [0.717, 1.165) is 11.4 Å². The summed E-state index contributed by atoms with van der Waals surface area (Å²) >= 11 is 0. The summed E-state index contributed by atoms with van der Waals surface area (Å²) in [6.45, 7) is 6.87. The van der Waals surface area contributed by atoms with Crippen molar-refractivity contribution in [2.75, 3.05) is 26.0 Å². The summed E-state index contributed by atoms with van der Waals surface area (Å²) in [5, 5.41) is 6.41. The fourth-order valence-electron chi connectivity index (χ4n) is 2.34. The van der Waals surface area contributed by atoms with Crippen LogP contribution in [0.25, 0.3) is 0 Å². The highest BCUT2D eigenvalue weighted by Gasteiger charge is 2.13. The number of hydrogen-bond acceptors (Lipinski definition) is 3. The van der Waals surface area contributed by atoms with E-state index in [-0.39, 0.29) is 11.9 Å². The van der Waals surface area contributed by atoms with Gasteiger partial charge in [-0.3, -0.25) is 4.79 Å². The molecule has 4 heteroatoms. The lowest BCUT2D eigenvalue weighted by Crippen LogP contribution is -2.38. The number of para-hydroxylation sites is 1. The van der Waals surface area contributed by atoms with Gasteiger partial charge in [0, 0.05) is 18.3 Å². The van der Waals surface area contributed by atoms with Crippen molar-refractivity contribution in [3.05, 3.63) is 59.2 Å². The van der Waals surface area contributed by atoms with Crippen molar-refractivity contribution in [3.8, 4) is 0 Å². The molecule has 1 unspecified atom stereocenters. The van der Waals surface area contributed by atoms with Crippen LogP contribution in [0.5, 0.6) is 0 Å². The van der Waals surface area contributed by atoms with E-state index in [2.05, 4.69) is 42.4 Å². The molecule has 128 valence electrons. The molecule has 2 N–H and O–H groups in total. The van der Waals surface area contributed by atoms with Crippen molar-refractivity contribution >= 4 is 17.3 Å². The zero-order valence-corrected chi connectivity index (χ0v) is 15.2. The maximum Gasteiger partial charge on any atom is 0.253 e. The van der Waals surface area contributed by atoms with Crippen LogP contribution < -0.4 is 10.6 Å². The normalized spacial score (nSPS) is 12.1. The van der Waals surface area contributed by atoms with Gasteiger partial charge in [-0.05, 0) is 64.2 Å². The Morgan fingerprint density at radius 3 is 2.42 bits per heavy atom. The van der Waals surface area contributed by atoms with Crippen LogP contribution in [-0.4, -0.2) is 37.5 Å². The van der Waals surface area contributed by atoms with Gasteiger partial charge in [0.15, 0.2) is 0 Å². The number of likely N-dealkylation sites (N-methyl/N-ethyl adjacent to an activating group) is 1. The second-order valence-corrected chi connectivity index (χ2v) is 6.44. The molecular formula is C20H27N3O. The van der Waals surface area contributed by atoms with Crippen molar-refractivity contribution in [2.45, 2.75) is 26.8 Å². The number of amides is 1. The minimum atomic E-state index is -0.0582. The second kappa shape index (κ2) is 7.97. The van der Waals surface area contributed by atoms with Gasteiger partial charge in [0.05, 0.1) is 11.3 Å². The first-order valence-electron chi connectivity index (χ1n) is 8.27. The van der Waals surface area contributed by atoms with E-state index in [4.69, 9.17) is 0 Å². The smallest absolute Gasteiger partial charge is 0.253 e.